The van der Waals surface area contributed by atoms with Gasteiger partial charge in [-0.1, -0.05) is 11.6 Å². The molecule has 0 fully saturated rings. The smallest absolute Gasteiger partial charge is 0.357 e. The Balaban J connectivity index is 1.87. The van der Waals surface area contributed by atoms with Gasteiger partial charge in [0.25, 0.3) is 5.91 Å². The summed E-state index contributed by atoms with van der Waals surface area (Å²) >= 11 is 6.15. The Morgan fingerprint density at radius 2 is 2.04 bits per heavy atom. The van der Waals surface area contributed by atoms with Crippen LogP contribution in [0.5, 0.6) is 0 Å². The molecule has 1 amide bonds. The number of amides is 1. The number of alkyl halides is 3. The molecule has 0 unspecified atom stereocenters. The van der Waals surface area contributed by atoms with Gasteiger partial charge >= 0.3 is 6.18 Å². The lowest BCUT2D eigenvalue weighted by atomic mass is 10.1. The summed E-state index contributed by atoms with van der Waals surface area (Å²) in [5.74, 6) is -0.629. The topological polar surface area (TPSA) is 101 Å². The van der Waals surface area contributed by atoms with Crippen molar-refractivity contribution in [1.29, 1.82) is 5.26 Å². The molecule has 0 saturated heterocycles. The quantitative estimate of drug-likeness (QED) is 0.643. The summed E-state index contributed by atoms with van der Waals surface area (Å²) in [6.07, 6.45) is -1.20. The number of hydrogen-bond acceptors (Lipinski definition) is 4. The summed E-state index contributed by atoms with van der Waals surface area (Å²) in [7, 11) is 0. The van der Waals surface area contributed by atoms with Crippen LogP contribution in [0.2, 0.25) is 5.02 Å². The average molecular weight is 411 g/mol. The first-order chi connectivity index (χ1) is 13.3. The lowest BCUT2D eigenvalue weighted by Crippen LogP contribution is -2.35. The fraction of sp³-hybridized carbons (Fsp3) is 0.294. The van der Waals surface area contributed by atoms with Crippen molar-refractivity contribution in [3.63, 3.8) is 0 Å². The second kappa shape index (κ2) is 7.90. The normalized spacial score (nSPS) is 11.5. The van der Waals surface area contributed by atoms with Crippen LogP contribution < -0.4 is 0 Å². The van der Waals surface area contributed by atoms with Gasteiger partial charge in [-0.25, -0.2) is 9.97 Å². The summed E-state index contributed by atoms with van der Waals surface area (Å²) in [5, 5.41) is 9.68. The first-order valence-corrected chi connectivity index (χ1v) is 8.57. The summed E-state index contributed by atoms with van der Waals surface area (Å²) in [6.45, 7) is -0.624. The molecule has 146 valence electrons. The van der Waals surface area contributed by atoms with Crippen molar-refractivity contribution < 1.29 is 18.0 Å². The largest absolute Gasteiger partial charge is 0.390 e. The highest BCUT2D eigenvalue weighted by Crippen LogP contribution is 2.31. The number of nitrogens with zero attached hydrogens (tertiary/aromatic N) is 4. The Morgan fingerprint density at radius 3 is 2.75 bits per heavy atom. The first-order valence-electron chi connectivity index (χ1n) is 8.19. The zero-order valence-corrected chi connectivity index (χ0v) is 15.1. The number of nitrogens with one attached hydrogen (secondary N) is 2. The van der Waals surface area contributed by atoms with Crippen LogP contribution in [0, 0.1) is 11.3 Å². The minimum absolute atomic E-state index is 0.0668. The van der Waals surface area contributed by atoms with Crippen LogP contribution in [-0.2, 0) is 0 Å². The molecule has 0 bridgehead atoms. The van der Waals surface area contributed by atoms with E-state index in [1.54, 1.807) is 6.20 Å². The Bertz CT molecular complexity index is 1040. The minimum Gasteiger partial charge on any atom is -0.357 e. The number of aromatic amines is 2. The maximum absolute atomic E-state index is 12.6. The Hall–Kier alpha value is -3.06. The second-order valence-corrected chi connectivity index (χ2v) is 6.36. The average Bonchev–Trinajstić information content (AvgIpc) is 3.28. The molecule has 0 radical (unpaired) electrons. The van der Waals surface area contributed by atoms with E-state index in [2.05, 4.69) is 19.9 Å². The van der Waals surface area contributed by atoms with Gasteiger partial charge in [0.2, 0.25) is 0 Å². The number of aromatic nitrogens is 4. The molecule has 2 N–H and O–H groups in total. The van der Waals surface area contributed by atoms with Gasteiger partial charge < -0.3 is 14.9 Å². The van der Waals surface area contributed by atoms with Crippen molar-refractivity contribution in [2.45, 2.75) is 19.0 Å². The van der Waals surface area contributed by atoms with Gasteiger partial charge in [-0.3, -0.25) is 4.79 Å². The maximum atomic E-state index is 12.6. The van der Waals surface area contributed by atoms with Crippen molar-refractivity contribution in [3.05, 3.63) is 35.5 Å². The number of H-pyrrole nitrogens is 2. The molecule has 3 aromatic rings. The van der Waals surface area contributed by atoms with Crippen molar-refractivity contribution in [1.82, 2.24) is 24.8 Å². The zero-order valence-electron chi connectivity index (χ0n) is 14.3. The van der Waals surface area contributed by atoms with Gasteiger partial charge in [0.05, 0.1) is 35.0 Å². The van der Waals surface area contributed by atoms with Crippen LogP contribution in [0.3, 0.4) is 0 Å². The standard InChI is InChI=1S/C17H14ClF3N6O/c18-11-8-24-15-13(11)14(25-9-26-15)10-6-12(23-7-10)16(28)27(4-1-3-22)5-2-17(19,20)21/h6-9,23H,1-2,4-5H2,(H,24,25,26). The van der Waals surface area contributed by atoms with E-state index in [1.165, 1.54) is 18.6 Å². The molecule has 11 heteroatoms. The molecule has 3 rings (SSSR count). The van der Waals surface area contributed by atoms with Crippen molar-refractivity contribution in [3.8, 4) is 17.3 Å². The van der Waals surface area contributed by atoms with Gasteiger partial charge in [-0.2, -0.15) is 18.4 Å². The van der Waals surface area contributed by atoms with Gasteiger partial charge in [0, 0.05) is 31.0 Å². The molecule has 3 aromatic heterocycles. The van der Waals surface area contributed by atoms with Gasteiger partial charge in [0.1, 0.15) is 17.7 Å². The highest BCUT2D eigenvalue weighted by atomic mass is 35.5. The number of nitriles is 1. The number of hydrogen-bond donors (Lipinski definition) is 2. The number of fused-ring (bicyclic) bond motifs is 1. The second-order valence-electron chi connectivity index (χ2n) is 5.95. The Kier molecular flexibility index (Phi) is 5.56. The van der Waals surface area contributed by atoms with Crippen LogP contribution >= 0.6 is 11.6 Å². The molecular formula is C17H14ClF3N6O. The van der Waals surface area contributed by atoms with E-state index in [0.29, 0.717) is 27.3 Å². The summed E-state index contributed by atoms with van der Waals surface area (Å²) in [5.41, 5.74) is 1.62. The molecule has 0 saturated carbocycles. The van der Waals surface area contributed by atoms with Crippen molar-refractivity contribution >= 4 is 28.5 Å². The Labute approximate surface area is 162 Å². The van der Waals surface area contributed by atoms with E-state index >= 15 is 0 Å². The van der Waals surface area contributed by atoms with E-state index in [-0.39, 0.29) is 18.7 Å². The van der Waals surface area contributed by atoms with E-state index in [9.17, 15) is 18.0 Å². The number of carbonyl (C=O) groups excluding carboxylic acids is 1. The SMILES string of the molecule is N#CCCN(CCC(F)(F)F)C(=O)c1cc(-c2ncnc3[nH]cc(Cl)c23)c[nH]1. The van der Waals surface area contributed by atoms with Crippen LogP contribution in [0.25, 0.3) is 22.3 Å². The molecule has 7 nitrogen and oxygen atoms in total. The van der Waals surface area contributed by atoms with E-state index in [1.807, 2.05) is 6.07 Å². The lowest BCUT2D eigenvalue weighted by molar-refractivity contribution is -0.136. The zero-order chi connectivity index (χ0) is 20.3. The molecular weight excluding hydrogens is 397 g/mol. The molecule has 0 atom stereocenters. The third-order valence-electron chi connectivity index (χ3n) is 4.05. The fourth-order valence-corrected chi connectivity index (χ4v) is 2.96. The molecule has 28 heavy (non-hydrogen) atoms. The third-order valence-corrected chi connectivity index (χ3v) is 4.35. The highest BCUT2D eigenvalue weighted by molar-refractivity contribution is 6.36. The number of rotatable bonds is 6. The van der Waals surface area contributed by atoms with E-state index in [4.69, 9.17) is 16.9 Å². The number of halogens is 4. The van der Waals surface area contributed by atoms with Crippen molar-refractivity contribution in [2.75, 3.05) is 13.1 Å². The molecule has 0 aromatic carbocycles. The lowest BCUT2D eigenvalue weighted by Gasteiger charge is -2.21. The van der Waals surface area contributed by atoms with Crippen LogP contribution in [0.15, 0.2) is 24.8 Å². The van der Waals surface area contributed by atoms with E-state index in [0.717, 1.165) is 4.90 Å². The monoisotopic (exact) mass is 410 g/mol. The molecule has 0 aliphatic rings. The fourth-order valence-electron chi connectivity index (χ4n) is 2.73. The van der Waals surface area contributed by atoms with Crippen LogP contribution in [0.4, 0.5) is 13.2 Å². The minimum atomic E-state index is -4.40. The van der Waals surface area contributed by atoms with Crippen LogP contribution in [0.1, 0.15) is 23.3 Å². The molecule has 0 spiro atoms. The number of carbonyl (C=O) groups is 1. The maximum Gasteiger partial charge on any atom is 0.390 e. The van der Waals surface area contributed by atoms with Gasteiger partial charge in [-0.05, 0) is 6.07 Å². The molecule has 3 heterocycles. The predicted octanol–water partition coefficient (Wildman–Crippen LogP) is 3.91. The van der Waals surface area contributed by atoms with Gasteiger partial charge in [-0.15, -0.1) is 0 Å². The van der Waals surface area contributed by atoms with Crippen LogP contribution in [-0.4, -0.2) is 50.0 Å². The summed E-state index contributed by atoms with van der Waals surface area (Å²) < 4.78 is 37.6. The van der Waals surface area contributed by atoms with E-state index < -0.39 is 25.0 Å². The summed E-state index contributed by atoms with van der Waals surface area (Å²) in [4.78, 5) is 27.6. The third kappa shape index (κ3) is 4.26. The Morgan fingerprint density at radius 1 is 1.25 bits per heavy atom. The van der Waals surface area contributed by atoms with Crippen molar-refractivity contribution in [2.24, 2.45) is 0 Å². The molecule has 0 aliphatic heterocycles. The highest BCUT2D eigenvalue weighted by Gasteiger charge is 2.29. The molecule has 0 aliphatic carbocycles. The predicted molar refractivity (Wildman–Crippen MR) is 95.5 cm³/mol. The first kappa shape index (κ1) is 19.7. The van der Waals surface area contributed by atoms with Gasteiger partial charge in [0.15, 0.2) is 0 Å². The summed E-state index contributed by atoms with van der Waals surface area (Å²) in [6, 6.07) is 3.32.